The van der Waals surface area contributed by atoms with Gasteiger partial charge in [0, 0.05) is 0 Å². The Balaban J connectivity index is 2.00. The molecule has 0 saturated heterocycles. The maximum atomic E-state index is 12.5. The molecule has 2 aromatic rings. The van der Waals surface area contributed by atoms with E-state index in [1.54, 1.807) is 12.1 Å². The molecule has 0 spiro atoms. The molecule has 0 aromatic heterocycles. The molecular formula is C23H32N2O4S. The number of amides is 1. The highest BCUT2D eigenvalue weighted by Crippen LogP contribution is 2.29. The zero-order valence-corrected chi connectivity index (χ0v) is 19.2. The van der Waals surface area contributed by atoms with E-state index in [-0.39, 0.29) is 24.9 Å². The van der Waals surface area contributed by atoms with Crippen LogP contribution in [0.3, 0.4) is 0 Å². The Bertz CT molecular complexity index is 955. The lowest BCUT2D eigenvalue weighted by molar-refractivity contribution is -0.119. The molecule has 0 aliphatic heterocycles. The number of benzene rings is 2. The summed E-state index contributed by atoms with van der Waals surface area (Å²) in [7, 11) is -3.62. The molecule has 0 heterocycles. The van der Waals surface area contributed by atoms with Gasteiger partial charge in [0.2, 0.25) is 15.9 Å². The first-order valence-electron chi connectivity index (χ1n) is 10.2. The Kier molecular flexibility index (Phi) is 8.29. The van der Waals surface area contributed by atoms with E-state index in [2.05, 4.69) is 19.2 Å². The summed E-state index contributed by atoms with van der Waals surface area (Å²) in [6.45, 7) is 8.49. The van der Waals surface area contributed by atoms with Crippen molar-refractivity contribution in [2.75, 3.05) is 30.3 Å². The highest BCUT2D eigenvalue weighted by atomic mass is 32.2. The first-order valence-corrected chi connectivity index (χ1v) is 12.0. The Labute approximate surface area is 180 Å². The molecule has 0 aliphatic rings. The second-order valence-electron chi connectivity index (χ2n) is 7.87. The maximum Gasteiger partial charge on any atom is 0.240 e. The minimum Gasteiger partial charge on any atom is -0.491 e. The first-order chi connectivity index (χ1) is 14.1. The van der Waals surface area contributed by atoms with Crippen LogP contribution in [0.5, 0.6) is 5.75 Å². The monoisotopic (exact) mass is 432 g/mol. The van der Waals surface area contributed by atoms with E-state index >= 15 is 0 Å². The normalized spacial score (nSPS) is 11.6. The molecule has 2 aromatic carbocycles. The quantitative estimate of drug-likeness (QED) is 0.578. The molecule has 0 saturated carbocycles. The lowest BCUT2D eigenvalue weighted by Gasteiger charge is -2.25. The largest absolute Gasteiger partial charge is 0.491 e. The Morgan fingerprint density at radius 1 is 0.967 bits per heavy atom. The second kappa shape index (κ2) is 10.5. The molecule has 1 N–H and O–H groups in total. The number of carbonyl (C=O) groups excluding carboxylic acids is 1. The first kappa shape index (κ1) is 23.7. The van der Waals surface area contributed by atoms with Gasteiger partial charge in [0.1, 0.15) is 18.9 Å². The van der Waals surface area contributed by atoms with Crippen LogP contribution in [-0.4, -0.2) is 40.3 Å². The van der Waals surface area contributed by atoms with Gasteiger partial charge in [0.05, 0.1) is 18.5 Å². The summed E-state index contributed by atoms with van der Waals surface area (Å²) in [6, 6.07) is 15.1. The number of rotatable bonds is 10. The van der Waals surface area contributed by atoms with Crippen molar-refractivity contribution in [3.05, 3.63) is 59.7 Å². The van der Waals surface area contributed by atoms with Crippen LogP contribution in [0, 0.1) is 0 Å². The topological polar surface area (TPSA) is 75.7 Å². The van der Waals surface area contributed by atoms with Crippen LogP contribution in [0.4, 0.5) is 5.69 Å². The molecule has 0 bridgehead atoms. The second-order valence-corrected chi connectivity index (χ2v) is 9.78. The van der Waals surface area contributed by atoms with Crippen molar-refractivity contribution in [1.29, 1.82) is 0 Å². The van der Waals surface area contributed by atoms with Gasteiger partial charge < -0.3 is 10.1 Å². The molecule has 0 unspecified atom stereocenters. The van der Waals surface area contributed by atoms with E-state index in [0.717, 1.165) is 27.4 Å². The van der Waals surface area contributed by atoms with Crippen molar-refractivity contribution < 1.29 is 17.9 Å². The molecule has 0 fully saturated rings. The molecule has 164 valence electrons. The molecule has 7 heteroatoms. The van der Waals surface area contributed by atoms with Gasteiger partial charge in [-0.25, -0.2) is 8.42 Å². The van der Waals surface area contributed by atoms with Crippen LogP contribution in [0.25, 0.3) is 0 Å². The molecule has 2 rings (SSSR count). The number of hydrogen-bond donors (Lipinski definition) is 1. The number of nitrogens with zero attached hydrogens (tertiary/aromatic N) is 1. The average Bonchev–Trinajstić information content (AvgIpc) is 2.68. The summed E-state index contributed by atoms with van der Waals surface area (Å²) in [5, 5.41) is 2.75. The van der Waals surface area contributed by atoms with Crippen molar-refractivity contribution in [3.8, 4) is 5.75 Å². The zero-order chi connectivity index (χ0) is 22.3. The number of para-hydroxylation sites is 2. The van der Waals surface area contributed by atoms with Crippen molar-refractivity contribution >= 4 is 21.6 Å². The fourth-order valence-corrected chi connectivity index (χ4v) is 4.09. The van der Waals surface area contributed by atoms with E-state index in [1.165, 1.54) is 0 Å². The summed E-state index contributed by atoms with van der Waals surface area (Å²) in [6.07, 6.45) is 1.11. The predicted molar refractivity (Wildman–Crippen MR) is 122 cm³/mol. The van der Waals surface area contributed by atoms with Gasteiger partial charge in [-0.05, 0) is 35.1 Å². The number of ether oxygens (including phenoxy) is 1. The minimum atomic E-state index is -3.62. The lowest BCUT2D eigenvalue weighted by Crippen LogP contribution is -2.41. The lowest BCUT2D eigenvalue weighted by atomic mass is 10.0. The highest BCUT2D eigenvalue weighted by molar-refractivity contribution is 7.92. The van der Waals surface area contributed by atoms with E-state index < -0.39 is 10.0 Å². The third kappa shape index (κ3) is 6.49. The molecule has 0 aliphatic carbocycles. The summed E-state index contributed by atoms with van der Waals surface area (Å²) in [5.74, 6) is 0.883. The third-order valence-corrected chi connectivity index (χ3v) is 5.86. The fourth-order valence-electron chi connectivity index (χ4n) is 3.21. The average molecular weight is 433 g/mol. The smallest absolute Gasteiger partial charge is 0.240 e. The van der Waals surface area contributed by atoms with E-state index in [9.17, 15) is 13.2 Å². The Morgan fingerprint density at radius 3 is 2.13 bits per heavy atom. The van der Waals surface area contributed by atoms with Crippen LogP contribution in [-0.2, 0) is 14.8 Å². The summed E-state index contributed by atoms with van der Waals surface area (Å²) in [5.41, 5.74) is 2.52. The van der Waals surface area contributed by atoms with E-state index in [0.29, 0.717) is 18.2 Å². The SMILES string of the molecule is CC(C)c1ccccc1OCCNC(=O)CN(c1ccccc1C(C)C)S(C)(=O)=O. The van der Waals surface area contributed by atoms with Crippen LogP contribution in [0.2, 0.25) is 0 Å². The van der Waals surface area contributed by atoms with Crippen molar-refractivity contribution in [3.63, 3.8) is 0 Å². The fraction of sp³-hybridized carbons (Fsp3) is 0.435. The number of carbonyl (C=O) groups is 1. The van der Waals surface area contributed by atoms with Gasteiger partial charge >= 0.3 is 0 Å². The van der Waals surface area contributed by atoms with Crippen molar-refractivity contribution in [2.24, 2.45) is 0 Å². The van der Waals surface area contributed by atoms with Crippen molar-refractivity contribution in [2.45, 2.75) is 39.5 Å². The molecule has 0 radical (unpaired) electrons. The van der Waals surface area contributed by atoms with Gasteiger partial charge in [0.25, 0.3) is 0 Å². The minimum absolute atomic E-state index is 0.128. The number of nitrogens with one attached hydrogen (secondary N) is 1. The maximum absolute atomic E-state index is 12.5. The van der Waals surface area contributed by atoms with Gasteiger partial charge in [0.15, 0.2) is 0 Å². The molecular weight excluding hydrogens is 400 g/mol. The Hall–Kier alpha value is -2.54. The molecule has 30 heavy (non-hydrogen) atoms. The highest BCUT2D eigenvalue weighted by Gasteiger charge is 2.23. The molecule has 6 nitrogen and oxygen atoms in total. The van der Waals surface area contributed by atoms with E-state index in [4.69, 9.17) is 4.74 Å². The number of hydrogen-bond acceptors (Lipinski definition) is 4. The number of sulfonamides is 1. The van der Waals surface area contributed by atoms with Gasteiger partial charge in [-0.1, -0.05) is 64.1 Å². The van der Waals surface area contributed by atoms with Crippen molar-refractivity contribution in [1.82, 2.24) is 5.32 Å². The van der Waals surface area contributed by atoms with E-state index in [1.807, 2.05) is 50.2 Å². The predicted octanol–water partition coefficient (Wildman–Crippen LogP) is 3.89. The van der Waals surface area contributed by atoms with Crippen LogP contribution in [0.15, 0.2) is 48.5 Å². The zero-order valence-electron chi connectivity index (χ0n) is 18.4. The van der Waals surface area contributed by atoms with Crippen LogP contribution >= 0.6 is 0 Å². The molecule has 1 amide bonds. The van der Waals surface area contributed by atoms with Gasteiger partial charge in [-0.15, -0.1) is 0 Å². The third-order valence-electron chi connectivity index (χ3n) is 4.74. The summed E-state index contributed by atoms with van der Waals surface area (Å²) < 4.78 is 31.7. The Morgan fingerprint density at radius 2 is 1.53 bits per heavy atom. The molecule has 0 atom stereocenters. The van der Waals surface area contributed by atoms with Gasteiger partial charge in [-0.2, -0.15) is 0 Å². The van der Waals surface area contributed by atoms with Crippen LogP contribution in [0.1, 0.15) is 50.7 Å². The van der Waals surface area contributed by atoms with Crippen LogP contribution < -0.4 is 14.4 Å². The summed E-state index contributed by atoms with van der Waals surface area (Å²) in [4.78, 5) is 12.5. The number of anilines is 1. The standard InChI is InChI=1S/C23H32N2O4S/c1-17(2)19-10-6-8-12-21(19)25(30(5,27)28)16-23(26)24-14-15-29-22-13-9-7-11-20(22)18(3)4/h6-13,17-18H,14-16H2,1-5H3,(H,24,26). The van der Waals surface area contributed by atoms with Gasteiger partial charge in [-0.3, -0.25) is 9.10 Å². The summed E-state index contributed by atoms with van der Waals surface area (Å²) >= 11 is 0.